The van der Waals surface area contributed by atoms with E-state index in [1.54, 1.807) is 36.4 Å². The Bertz CT molecular complexity index is 965. The molecule has 0 aliphatic rings. The minimum absolute atomic E-state index is 0.00842. The number of allylic oxidation sites excluding steroid dienone is 1. The number of alkyl halides is 2. The van der Waals surface area contributed by atoms with E-state index in [1.165, 1.54) is 36.4 Å². The van der Waals surface area contributed by atoms with Crippen LogP contribution in [0.5, 0.6) is 11.5 Å². The second-order valence-corrected chi connectivity index (χ2v) is 6.09. The molecule has 0 amide bonds. The van der Waals surface area contributed by atoms with Gasteiger partial charge in [0, 0.05) is 10.6 Å². The summed E-state index contributed by atoms with van der Waals surface area (Å²) in [5, 5.41) is 0.577. The molecule has 0 fully saturated rings. The molecule has 0 unspecified atom stereocenters. The predicted molar refractivity (Wildman–Crippen MR) is 101 cm³/mol. The van der Waals surface area contributed by atoms with Gasteiger partial charge in [0.05, 0.1) is 0 Å². The molecule has 0 radical (unpaired) electrons. The highest BCUT2D eigenvalue weighted by Gasteiger charge is 2.07. The van der Waals surface area contributed by atoms with Crippen molar-refractivity contribution in [2.24, 2.45) is 0 Å². The van der Waals surface area contributed by atoms with Gasteiger partial charge >= 0.3 is 6.61 Å². The van der Waals surface area contributed by atoms with Crippen molar-refractivity contribution >= 4 is 23.5 Å². The maximum Gasteiger partial charge on any atom is 0.387 e. The Labute approximate surface area is 164 Å². The second-order valence-electron chi connectivity index (χ2n) is 5.65. The zero-order chi connectivity index (χ0) is 19.9. The van der Waals surface area contributed by atoms with Crippen molar-refractivity contribution in [3.05, 3.63) is 88.8 Å². The Hall–Kier alpha value is -3.12. The Balaban J connectivity index is 1.56. The fourth-order valence-electron chi connectivity index (χ4n) is 2.33. The molecular formula is C21H15ClF2O4. The van der Waals surface area contributed by atoms with E-state index in [-0.39, 0.29) is 18.1 Å². The average Bonchev–Trinajstić information content (AvgIpc) is 3.13. The minimum Gasteiger partial charge on any atom is -0.486 e. The van der Waals surface area contributed by atoms with Gasteiger partial charge in [0.15, 0.2) is 5.78 Å². The van der Waals surface area contributed by atoms with Crippen molar-refractivity contribution in [3.63, 3.8) is 0 Å². The van der Waals surface area contributed by atoms with Crippen LogP contribution in [0.4, 0.5) is 8.78 Å². The van der Waals surface area contributed by atoms with Crippen LogP contribution in [0.15, 0.2) is 71.2 Å². The number of rotatable bonds is 8. The summed E-state index contributed by atoms with van der Waals surface area (Å²) in [5.74, 6) is 1.38. The highest BCUT2D eigenvalue weighted by molar-refractivity contribution is 6.30. The van der Waals surface area contributed by atoms with E-state index in [4.69, 9.17) is 20.8 Å². The molecule has 4 nitrogen and oxygen atoms in total. The topological polar surface area (TPSA) is 48.7 Å². The molecule has 0 N–H and O–H groups in total. The molecule has 3 aromatic rings. The number of ether oxygens (including phenoxy) is 2. The van der Waals surface area contributed by atoms with E-state index in [9.17, 15) is 13.6 Å². The maximum atomic E-state index is 12.1. The lowest BCUT2D eigenvalue weighted by molar-refractivity contribution is -0.0498. The van der Waals surface area contributed by atoms with Crippen LogP contribution in [0.25, 0.3) is 6.08 Å². The number of carbonyl (C=O) groups is 1. The standard InChI is InChI=1S/C21H15ClF2O4/c22-15-2-1-3-18(12-15)26-13-19-9-8-16(27-19)10-11-20(25)14-4-6-17(7-5-14)28-21(23)24/h1-12,21H,13H2/b11-10+. The van der Waals surface area contributed by atoms with Crippen molar-refractivity contribution in [2.45, 2.75) is 13.2 Å². The molecular weight excluding hydrogens is 390 g/mol. The Morgan fingerprint density at radius 2 is 1.86 bits per heavy atom. The number of benzene rings is 2. The van der Waals surface area contributed by atoms with E-state index >= 15 is 0 Å². The number of ketones is 1. The van der Waals surface area contributed by atoms with Gasteiger partial charge in [-0.3, -0.25) is 4.79 Å². The van der Waals surface area contributed by atoms with Gasteiger partial charge in [-0.15, -0.1) is 0 Å². The van der Waals surface area contributed by atoms with Gasteiger partial charge in [-0.2, -0.15) is 8.78 Å². The van der Waals surface area contributed by atoms with Crippen LogP contribution in [0, 0.1) is 0 Å². The predicted octanol–water partition coefficient (Wildman–Crippen LogP) is 6.01. The molecule has 144 valence electrons. The Kier molecular flexibility index (Phi) is 6.45. The van der Waals surface area contributed by atoms with Crippen LogP contribution in [0.1, 0.15) is 21.9 Å². The van der Waals surface area contributed by atoms with Crippen LogP contribution in [-0.4, -0.2) is 12.4 Å². The van der Waals surface area contributed by atoms with Gasteiger partial charge in [0.1, 0.15) is 29.6 Å². The molecule has 28 heavy (non-hydrogen) atoms. The summed E-state index contributed by atoms with van der Waals surface area (Å²) >= 11 is 5.90. The van der Waals surface area contributed by atoms with E-state index in [0.29, 0.717) is 27.9 Å². The molecule has 0 saturated heterocycles. The summed E-state index contributed by atoms with van der Waals surface area (Å²) in [6, 6.07) is 15.9. The first-order valence-corrected chi connectivity index (χ1v) is 8.62. The summed E-state index contributed by atoms with van der Waals surface area (Å²) in [6.45, 7) is -2.69. The lowest BCUT2D eigenvalue weighted by Gasteiger charge is -2.04. The molecule has 0 atom stereocenters. The lowest BCUT2D eigenvalue weighted by atomic mass is 10.1. The smallest absolute Gasteiger partial charge is 0.387 e. The zero-order valence-electron chi connectivity index (χ0n) is 14.5. The SMILES string of the molecule is O=C(/C=C/c1ccc(COc2cccc(Cl)c2)o1)c1ccc(OC(F)F)cc1. The first-order chi connectivity index (χ1) is 13.5. The molecule has 7 heteroatoms. The van der Waals surface area contributed by atoms with E-state index in [0.717, 1.165) is 0 Å². The number of hydrogen-bond acceptors (Lipinski definition) is 4. The third-order valence-electron chi connectivity index (χ3n) is 3.62. The fourth-order valence-corrected chi connectivity index (χ4v) is 2.51. The van der Waals surface area contributed by atoms with Crippen LogP contribution < -0.4 is 9.47 Å². The summed E-state index contributed by atoms with van der Waals surface area (Å²) in [4.78, 5) is 12.1. The van der Waals surface area contributed by atoms with Gasteiger partial charge in [-0.05, 0) is 66.7 Å². The molecule has 2 aromatic carbocycles. The fraction of sp³-hybridized carbons (Fsp3) is 0.0952. The lowest BCUT2D eigenvalue weighted by Crippen LogP contribution is -2.02. The maximum absolute atomic E-state index is 12.1. The summed E-state index contributed by atoms with van der Waals surface area (Å²) in [6.07, 6.45) is 2.86. The molecule has 0 spiro atoms. The van der Waals surface area contributed by atoms with Crippen LogP contribution in [0.2, 0.25) is 5.02 Å². The van der Waals surface area contributed by atoms with E-state index < -0.39 is 6.61 Å². The summed E-state index contributed by atoms with van der Waals surface area (Å²) in [5.41, 5.74) is 0.342. The van der Waals surface area contributed by atoms with Crippen molar-refractivity contribution in [1.29, 1.82) is 0 Å². The zero-order valence-corrected chi connectivity index (χ0v) is 15.2. The number of furan rings is 1. The van der Waals surface area contributed by atoms with Crippen LogP contribution >= 0.6 is 11.6 Å². The monoisotopic (exact) mass is 404 g/mol. The molecule has 0 bridgehead atoms. The van der Waals surface area contributed by atoms with Crippen LogP contribution in [-0.2, 0) is 6.61 Å². The third kappa shape index (κ3) is 5.69. The highest BCUT2D eigenvalue weighted by Crippen LogP contribution is 2.20. The first kappa shape index (κ1) is 19.6. The molecule has 0 saturated carbocycles. The molecule has 1 heterocycles. The van der Waals surface area contributed by atoms with Gasteiger partial charge in [0.25, 0.3) is 0 Å². The van der Waals surface area contributed by atoms with Gasteiger partial charge in [-0.1, -0.05) is 17.7 Å². The normalized spacial score (nSPS) is 11.1. The average molecular weight is 405 g/mol. The largest absolute Gasteiger partial charge is 0.486 e. The molecule has 3 rings (SSSR count). The number of halogens is 3. The number of carbonyl (C=O) groups excluding carboxylic acids is 1. The second kappa shape index (κ2) is 9.19. The van der Waals surface area contributed by atoms with Crippen molar-refractivity contribution in [1.82, 2.24) is 0 Å². The van der Waals surface area contributed by atoms with Crippen molar-refractivity contribution in [2.75, 3.05) is 0 Å². The van der Waals surface area contributed by atoms with E-state index in [1.807, 2.05) is 0 Å². The summed E-state index contributed by atoms with van der Waals surface area (Å²) < 4.78 is 39.7. The molecule has 0 aliphatic heterocycles. The van der Waals surface area contributed by atoms with Gasteiger partial charge < -0.3 is 13.9 Å². The van der Waals surface area contributed by atoms with Crippen molar-refractivity contribution < 1.29 is 27.5 Å². The summed E-state index contributed by atoms with van der Waals surface area (Å²) in [7, 11) is 0. The van der Waals surface area contributed by atoms with Crippen LogP contribution in [0.3, 0.4) is 0 Å². The highest BCUT2D eigenvalue weighted by atomic mass is 35.5. The quantitative estimate of drug-likeness (QED) is 0.341. The van der Waals surface area contributed by atoms with Gasteiger partial charge in [0.2, 0.25) is 0 Å². The number of hydrogen-bond donors (Lipinski definition) is 0. The Morgan fingerprint density at radius 1 is 1.07 bits per heavy atom. The Morgan fingerprint density at radius 3 is 2.57 bits per heavy atom. The van der Waals surface area contributed by atoms with Crippen molar-refractivity contribution in [3.8, 4) is 11.5 Å². The van der Waals surface area contributed by atoms with Gasteiger partial charge in [-0.25, -0.2) is 0 Å². The molecule has 0 aliphatic carbocycles. The molecule has 1 aromatic heterocycles. The van der Waals surface area contributed by atoms with E-state index in [2.05, 4.69) is 4.74 Å². The first-order valence-electron chi connectivity index (χ1n) is 8.24. The third-order valence-corrected chi connectivity index (χ3v) is 3.86. The minimum atomic E-state index is -2.91.